The molecule has 0 unspecified atom stereocenters. The number of hydrogen-bond donors (Lipinski definition) is 1. The van der Waals surface area contributed by atoms with E-state index in [1.807, 2.05) is 36.4 Å². The molecule has 3 rings (SSSR count). The lowest BCUT2D eigenvalue weighted by atomic mass is 10.0. The number of fused-ring (bicyclic) bond motifs is 1. The molecule has 3 aromatic rings. The third kappa shape index (κ3) is 3.00. The fourth-order valence-electron chi connectivity index (χ4n) is 2.38. The van der Waals surface area contributed by atoms with Crippen LogP contribution in [0.4, 0.5) is 0 Å². The molecule has 0 aliphatic rings. The average molecular weight is 309 g/mol. The van der Waals surface area contributed by atoms with E-state index in [-0.39, 0.29) is 12.3 Å². The zero-order valence-electron chi connectivity index (χ0n) is 12.5. The van der Waals surface area contributed by atoms with Gasteiger partial charge >= 0.3 is 5.97 Å². The van der Waals surface area contributed by atoms with E-state index in [9.17, 15) is 9.90 Å². The van der Waals surface area contributed by atoms with Crippen LogP contribution in [-0.4, -0.2) is 23.2 Å². The fraction of sp³-hybridized carbons (Fsp3) is 0.111. The number of nitrogens with zero attached hydrogens (tertiary/aromatic N) is 1. The van der Waals surface area contributed by atoms with Crippen molar-refractivity contribution in [1.82, 2.24) is 4.98 Å². The third-order valence-electron chi connectivity index (χ3n) is 3.48. The fourth-order valence-corrected chi connectivity index (χ4v) is 2.38. The summed E-state index contributed by atoms with van der Waals surface area (Å²) >= 11 is 0. The Bertz CT molecular complexity index is 846. The average Bonchev–Trinajstić information content (AvgIpc) is 2.60. The number of carbonyl (C=O) groups is 1. The highest BCUT2D eigenvalue weighted by Gasteiger charge is 2.16. The number of benzene rings is 2. The summed E-state index contributed by atoms with van der Waals surface area (Å²) < 4.78 is 10.5. The Labute approximate surface area is 133 Å². The number of pyridine rings is 1. The van der Waals surface area contributed by atoms with Gasteiger partial charge in [-0.05, 0) is 29.7 Å². The molecule has 0 bridgehead atoms. The van der Waals surface area contributed by atoms with Gasteiger partial charge in [-0.2, -0.15) is 0 Å². The predicted molar refractivity (Wildman–Crippen MR) is 85.5 cm³/mol. The Morgan fingerprint density at radius 3 is 2.61 bits per heavy atom. The minimum absolute atomic E-state index is 0.124. The van der Waals surface area contributed by atoms with Gasteiger partial charge in [-0.25, -0.2) is 9.78 Å². The van der Waals surface area contributed by atoms with Crippen LogP contribution in [0.15, 0.2) is 54.7 Å². The van der Waals surface area contributed by atoms with Gasteiger partial charge in [-0.15, -0.1) is 0 Å². The van der Waals surface area contributed by atoms with Crippen molar-refractivity contribution in [3.8, 4) is 11.5 Å². The largest absolute Gasteiger partial charge is 0.464 e. The molecule has 0 spiro atoms. The van der Waals surface area contributed by atoms with E-state index in [0.717, 1.165) is 16.5 Å². The standard InChI is InChI=1S/C18H15NO4/c1-22-18(21)17-16(11-20)15-8-7-14(9-12(15)10-19-17)23-13-5-3-2-4-6-13/h2-10,20H,11H2,1H3. The normalized spacial score (nSPS) is 10.5. The maximum Gasteiger partial charge on any atom is 0.357 e. The van der Waals surface area contributed by atoms with Crippen LogP contribution in [-0.2, 0) is 11.3 Å². The number of aliphatic hydroxyl groups is 1. The summed E-state index contributed by atoms with van der Waals surface area (Å²) in [5.41, 5.74) is 0.569. The van der Waals surface area contributed by atoms with E-state index in [1.165, 1.54) is 7.11 Å². The lowest BCUT2D eigenvalue weighted by Crippen LogP contribution is -2.09. The first-order chi connectivity index (χ1) is 11.2. The summed E-state index contributed by atoms with van der Waals surface area (Å²) in [6.07, 6.45) is 1.57. The second-order valence-electron chi connectivity index (χ2n) is 4.90. The van der Waals surface area contributed by atoms with Gasteiger partial charge in [0, 0.05) is 17.1 Å². The molecule has 0 aliphatic heterocycles. The Morgan fingerprint density at radius 2 is 1.91 bits per heavy atom. The Balaban J connectivity index is 2.03. The number of methoxy groups -OCH3 is 1. The minimum atomic E-state index is -0.569. The molecule has 5 heteroatoms. The molecule has 116 valence electrons. The SMILES string of the molecule is COC(=O)c1ncc2cc(Oc3ccccc3)ccc2c1CO. The smallest absolute Gasteiger partial charge is 0.357 e. The van der Waals surface area contributed by atoms with Crippen molar-refractivity contribution >= 4 is 16.7 Å². The Kier molecular flexibility index (Phi) is 4.21. The molecular weight excluding hydrogens is 294 g/mol. The highest BCUT2D eigenvalue weighted by atomic mass is 16.5. The number of rotatable bonds is 4. The predicted octanol–water partition coefficient (Wildman–Crippen LogP) is 3.31. The number of carbonyl (C=O) groups excluding carboxylic acids is 1. The van der Waals surface area contributed by atoms with E-state index in [2.05, 4.69) is 4.98 Å². The highest BCUT2D eigenvalue weighted by molar-refractivity contribution is 5.96. The number of esters is 1. The molecule has 1 aromatic heterocycles. The quantitative estimate of drug-likeness (QED) is 0.749. The molecule has 1 N–H and O–H groups in total. The summed E-state index contributed by atoms with van der Waals surface area (Å²) in [6, 6.07) is 14.8. The van der Waals surface area contributed by atoms with Gasteiger partial charge in [0.2, 0.25) is 0 Å². The van der Waals surface area contributed by atoms with Gasteiger partial charge in [0.25, 0.3) is 0 Å². The first kappa shape index (κ1) is 15.0. The first-order valence-corrected chi connectivity index (χ1v) is 7.06. The zero-order valence-corrected chi connectivity index (χ0v) is 12.5. The monoisotopic (exact) mass is 309 g/mol. The number of para-hydroxylation sites is 1. The summed E-state index contributed by atoms with van der Waals surface area (Å²) in [4.78, 5) is 15.8. The summed E-state index contributed by atoms with van der Waals surface area (Å²) in [7, 11) is 1.28. The molecular formula is C18H15NO4. The summed E-state index contributed by atoms with van der Waals surface area (Å²) in [6.45, 7) is -0.298. The van der Waals surface area contributed by atoms with E-state index >= 15 is 0 Å². The van der Waals surface area contributed by atoms with Crippen LogP contribution >= 0.6 is 0 Å². The molecule has 0 fully saturated rings. The van der Waals surface area contributed by atoms with E-state index in [1.54, 1.807) is 18.3 Å². The van der Waals surface area contributed by atoms with Gasteiger partial charge in [-0.3, -0.25) is 0 Å². The minimum Gasteiger partial charge on any atom is -0.464 e. The molecule has 5 nitrogen and oxygen atoms in total. The topological polar surface area (TPSA) is 68.7 Å². The van der Waals surface area contributed by atoms with Crippen LogP contribution in [0.3, 0.4) is 0 Å². The molecule has 0 amide bonds. The maximum atomic E-state index is 11.7. The number of aliphatic hydroxyl groups excluding tert-OH is 1. The van der Waals surface area contributed by atoms with Gasteiger partial charge in [0.1, 0.15) is 11.5 Å². The Morgan fingerprint density at radius 1 is 1.13 bits per heavy atom. The van der Waals surface area contributed by atoms with Crippen LogP contribution in [0.5, 0.6) is 11.5 Å². The van der Waals surface area contributed by atoms with Crippen molar-refractivity contribution in [1.29, 1.82) is 0 Å². The zero-order chi connectivity index (χ0) is 16.2. The number of aromatic nitrogens is 1. The molecule has 0 atom stereocenters. The first-order valence-electron chi connectivity index (χ1n) is 7.06. The molecule has 0 saturated carbocycles. The van der Waals surface area contributed by atoms with E-state index < -0.39 is 5.97 Å². The number of hydrogen-bond acceptors (Lipinski definition) is 5. The van der Waals surface area contributed by atoms with Crippen LogP contribution in [0.1, 0.15) is 16.1 Å². The summed E-state index contributed by atoms with van der Waals surface area (Å²) in [5, 5.41) is 11.1. The van der Waals surface area contributed by atoms with Crippen molar-refractivity contribution < 1.29 is 19.4 Å². The highest BCUT2D eigenvalue weighted by Crippen LogP contribution is 2.28. The maximum absolute atomic E-state index is 11.7. The van der Waals surface area contributed by atoms with Crippen LogP contribution in [0.25, 0.3) is 10.8 Å². The van der Waals surface area contributed by atoms with Crippen LogP contribution in [0, 0.1) is 0 Å². The third-order valence-corrected chi connectivity index (χ3v) is 3.48. The Hall–Kier alpha value is -2.92. The molecule has 0 aliphatic carbocycles. The molecule has 2 aromatic carbocycles. The van der Waals surface area contributed by atoms with Gasteiger partial charge in [0.05, 0.1) is 13.7 Å². The molecule has 0 radical (unpaired) electrons. The van der Waals surface area contributed by atoms with Crippen LogP contribution in [0.2, 0.25) is 0 Å². The number of ether oxygens (including phenoxy) is 2. The lowest BCUT2D eigenvalue weighted by Gasteiger charge is -2.11. The second kappa shape index (κ2) is 6.46. The van der Waals surface area contributed by atoms with Gasteiger partial charge < -0.3 is 14.6 Å². The van der Waals surface area contributed by atoms with Crippen LogP contribution < -0.4 is 4.74 Å². The van der Waals surface area contributed by atoms with Crippen molar-refractivity contribution in [2.45, 2.75) is 6.61 Å². The van der Waals surface area contributed by atoms with Crippen molar-refractivity contribution in [2.75, 3.05) is 7.11 Å². The van der Waals surface area contributed by atoms with Crippen molar-refractivity contribution in [3.63, 3.8) is 0 Å². The van der Waals surface area contributed by atoms with E-state index in [0.29, 0.717) is 11.3 Å². The van der Waals surface area contributed by atoms with Crippen molar-refractivity contribution in [2.24, 2.45) is 0 Å². The lowest BCUT2D eigenvalue weighted by molar-refractivity contribution is 0.0590. The summed E-state index contributed by atoms with van der Waals surface area (Å²) in [5.74, 6) is 0.814. The molecule has 23 heavy (non-hydrogen) atoms. The van der Waals surface area contributed by atoms with E-state index in [4.69, 9.17) is 9.47 Å². The molecule has 1 heterocycles. The second-order valence-corrected chi connectivity index (χ2v) is 4.90. The molecule has 0 saturated heterocycles. The van der Waals surface area contributed by atoms with Crippen molar-refractivity contribution in [3.05, 3.63) is 66.0 Å². The van der Waals surface area contributed by atoms with Gasteiger partial charge in [-0.1, -0.05) is 24.3 Å². The van der Waals surface area contributed by atoms with Gasteiger partial charge in [0.15, 0.2) is 5.69 Å².